The van der Waals surface area contributed by atoms with Crippen molar-refractivity contribution >= 4 is 33.3 Å². The van der Waals surface area contributed by atoms with E-state index in [9.17, 15) is 9.18 Å². The van der Waals surface area contributed by atoms with Crippen LogP contribution in [0.5, 0.6) is 0 Å². The standard InChI is InChI=1S/C11H5BrClFO2/c12-8-2-1-7(10(14)9(8)13)11(15)6-3-4-16-5-6/h1-5H. The highest BCUT2D eigenvalue weighted by Gasteiger charge is 2.18. The fourth-order valence-electron chi connectivity index (χ4n) is 1.25. The van der Waals surface area contributed by atoms with Gasteiger partial charge in [0.05, 0.1) is 22.4 Å². The Labute approximate surface area is 104 Å². The highest BCUT2D eigenvalue weighted by atomic mass is 79.9. The summed E-state index contributed by atoms with van der Waals surface area (Å²) in [5.74, 6) is -1.19. The van der Waals surface area contributed by atoms with Crippen molar-refractivity contribution in [2.45, 2.75) is 0 Å². The average Bonchev–Trinajstić information content (AvgIpc) is 2.79. The molecule has 0 fully saturated rings. The molecule has 0 N–H and O–H groups in total. The second-order valence-electron chi connectivity index (χ2n) is 3.06. The Morgan fingerprint density at radius 3 is 2.75 bits per heavy atom. The summed E-state index contributed by atoms with van der Waals surface area (Å²) in [6.07, 6.45) is 2.61. The number of carbonyl (C=O) groups excluding carboxylic acids is 1. The number of rotatable bonds is 2. The minimum atomic E-state index is -0.734. The van der Waals surface area contributed by atoms with Crippen LogP contribution >= 0.6 is 27.5 Å². The zero-order valence-corrected chi connectivity index (χ0v) is 10.2. The van der Waals surface area contributed by atoms with Crippen LogP contribution in [-0.4, -0.2) is 5.78 Å². The third-order valence-electron chi connectivity index (χ3n) is 2.06. The van der Waals surface area contributed by atoms with E-state index in [4.69, 9.17) is 16.0 Å². The monoisotopic (exact) mass is 302 g/mol. The van der Waals surface area contributed by atoms with Gasteiger partial charge in [-0.2, -0.15) is 0 Å². The number of halogens is 3. The van der Waals surface area contributed by atoms with Gasteiger partial charge in [0.2, 0.25) is 0 Å². The molecule has 5 heteroatoms. The zero-order chi connectivity index (χ0) is 11.7. The quantitative estimate of drug-likeness (QED) is 0.618. The van der Waals surface area contributed by atoms with Gasteiger partial charge in [-0.1, -0.05) is 11.6 Å². The molecule has 0 bridgehead atoms. The molecule has 0 unspecified atom stereocenters. The van der Waals surface area contributed by atoms with Gasteiger partial charge >= 0.3 is 0 Å². The molecule has 0 aliphatic rings. The van der Waals surface area contributed by atoms with Gasteiger partial charge in [0.15, 0.2) is 11.6 Å². The molecule has 0 spiro atoms. The summed E-state index contributed by atoms with van der Waals surface area (Å²) in [4.78, 5) is 11.8. The predicted molar refractivity (Wildman–Crippen MR) is 61.3 cm³/mol. The smallest absolute Gasteiger partial charge is 0.199 e. The maximum Gasteiger partial charge on any atom is 0.199 e. The molecular weight excluding hydrogens is 298 g/mol. The first kappa shape index (κ1) is 11.4. The lowest BCUT2D eigenvalue weighted by Gasteiger charge is -2.03. The van der Waals surface area contributed by atoms with Gasteiger partial charge in [-0.15, -0.1) is 0 Å². The molecule has 0 saturated heterocycles. The number of benzene rings is 1. The van der Waals surface area contributed by atoms with Crippen molar-refractivity contribution in [3.8, 4) is 0 Å². The van der Waals surface area contributed by atoms with Gasteiger partial charge in [0.25, 0.3) is 0 Å². The first-order valence-corrected chi connectivity index (χ1v) is 5.48. The molecule has 0 aliphatic heterocycles. The second kappa shape index (κ2) is 4.39. The van der Waals surface area contributed by atoms with Crippen LogP contribution in [0, 0.1) is 5.82 Å². The summed E-state index contributed by atoms with van der Waals surface area (Å²) in [6, 6.07) is 4.37. The third kappa shape index (κ3) is 1.90. The normalized spacial score (nSPS) is 10.4. The maximum absolute atomic E-state index is 13.7. The van der Waals surface area contributed by atoms with Crippen LogP contribution in [0.15, 0.2) is 39.6 Å². The topological polar surface area (TPSA) is 30.2 Å². The van der Waals surface area contributed by atoms with Crippen LogP contribution in [0.1, 0.15) is 15.9 Å². The van der Waals surface area contributed by atoms with Gasteiger partial charge in [0.1, 0.15) is 6.26 Å². The van der Waals surface area contributed by atoms with E-state index in [0.717, 1.165) is 0 Å². The Morgan fingerprint density at radius 2 is 2.12 bits per heavy atom. The van der Waals surface area contributed by atoms with Gasteiger partial charge in [0, 0.05) is 4.47 Å². The fourth-order valence-corrected chi connectivity index (χ4v) is 1.72. The fraction of sp³-hybridized carbons (Fsp3) is 0. The molecule has 0 aliphatic carbocycles. The summed E-state index contributed by atoms with van der Waals surface area (Å²) < 4.78 is 18.9. The lowest BCUT2D eigenvalue weighted by molar-refractivity contribution is 0.103. The number of carbonyl (C=O) groups is 1. The largest absolute Gasteiger partial charge is 0.472 e. The van der Waals surface area contributed by atoms with Crippen molar-refractivity contribution < 1.29 is 13.6 Å². The SMILES string of the molecule is O=C(c1ccoc1)c1ccc(Br)c(Cl)c1F. The Morgan fingerprint density at radius 1 is 1.38 bits per heavy atom. The van der Waals surface area contributed by atoms with Gasteiger partial charge in [-0.05, 0) is 34.1 Å². The van der Waals surface area contributed by atoms with E-state index >= 15 is 0 Å². The summed E-state index contributed by atoms with van der Waals surface area (Å²) in [5, 5.41) is -0.102. The third-order valence-corrected chi connectivity index (χ3v) is 3.32. The van der Waals surface area contributed by atoms with Crippen LogP contribution in [-0.2, 0) is 0 Å². The number of hydrogen-bond donors (Lipinski definition) is 0. The lowest BCUT2D eigenvalue weighted by Crippen LogP contribution is -2.03. The molecule has 0 atom stereocenters. The molecule has 1 heterocycles. The van der Waals surface area contributed by atoms with E-state index < -0.39 is 11.6 Å². The molecular formula is C11H5BrClFO2. The Hall–Kier alpha value is -1.13. The van der Waals surface area contributed by atoms with Crippen LogP contribution in [0.25, 0.3) is 0 Å². The molecule has 2 rings (SSSR count). The van der Waals surface area contributed by atoms with Crippen LogP contribution < -0.4 is 0 Å². The summed E-state index contributed by atoms with van der Waals surface area (Å²) in [5.41, 5.74) is 0.215. The van der Waals surface area contributed by atoms with Gasteiger partial charge in [-0.25, -0.2) is 4.39 Å². The molecule has 1 aromatic heterocycles. The molecule has 2 nitrogen and oxygen atoms in total. The number of ketones is 1. The lowest BCUT2D eigenvalue weighted by atomic mass is 10.1. The molecule has 0 saturated carbocycles. The highest BCUT2D eigenvalue weighted by molar-refractivity contribution is 9.10. The Kier molecular flexibility index (Phi) is 3.12. The van der Waals surface area contributed by atoms with Crippen molar-refractivity contribution in [2.75, 3.05) is 0 Å². The molecule has 16 heavy (non-hydrogen) atoms. The van der Waals surface area contributed by atoms with Crippen LogP contribution in [0.4, 0.5) is 4.39 Å². The molecule has 82 valence electrons. The minimum Gasteiger partial charge on any atom is -0.472 e. The van der Waals surface area contributed by atoms with Crippen molar-refractivity contribution in [3.63, 3.8) is 0 Å². The van der Waals surface area contributed by atoms with Gasteiger partial charge < -0.3 is 4.42 Å². The van der Waals surface area contributed by atoms with E-state index in [0.29, 0.717) is 4.47 Å². The highest BCUT2D eigenvalue weighted by Crippen LogP contribution is 2.28. The zero-order valence-electron chi connectivity index (χ0n) is 7.84. The van der Waals surface area contributed by atoms with E-state index in [1.165, 1.54) is 30.7 Å². The van der Waals surface area contributed by atoms with Crippen molar-refractivity contribution in [2.24, 2.45) is 0 Å². The number of furan rings is 1. The molecule has 2 aromatic rings. The van der Waals surface area contributed by atoms with Crippen LogP contribution in [0.2, 0.25) is 5.02 Å². The number of hydrogen-bond acceptors (Lipinski definition) is 2. The molecule has 1 aromatic carbocycles. The average molecular weight is 304 g/mol. The van der Waals surface area contributed by atoms with Crippen molar-refractivity contribution in [1.82, 2.24) is 0 Å². The molecule has 0 amide bonds. The van der Waals surface area contributed by atoms with E-state index in [1.54, 1.807) is 0 Å². The summed E-state index contributed by atoms with van der Waals surface area (Å²) in [6.45, 7) is 0. The first-order chi connectivity index (χ1) is 7.61. The first-order valence-electron chi connectivity index (χ1n) is 4.31. The van der Waals surface area contributed by atoms with Crippen molar-refractivity contribution in [3.05, 3.63) is 57.2 Å². The maximum atomic E-state index is 13.7. The second-order valence-corrected chi connectivity index (χ2v) is 4.30. The summed E-state index contributed by atoms with van der Waals surface area (Å²) >= 11 is 8.77. The predicted octanol–water partition coefficient (Wildman–Crippen LogP) is 4.07. The van der Waals surface area contributed by atoms with Crippen molar-refractivity contribution in [1.29, 1.82) is 0 Å². The minimum absolute atomic E-state index is 0.0744. The van der Waals surface area contributed by atoms with E-state index in [2.05, 4.69) is 15.9 Å². The Balaban J connectivity index is 2.50. The van der Waals surface area contributed by atoms with Crippen LogP contribution in [0.3, 0.4) is 0 Å². The molecule has 0 radical (unpaired) electrons. The Bertz CT molecular complexity index is 537. The van der Waals surface area contributed by atoms with Gasteiger partial charge in [-0.3, -0.25) is 4.79 Å². The van der Waals surface area contributed by atoms with E-state index in [-0.39, 0.29) is 16.1 Å². The summed E-state index contributed by atoms with van der Waals surface area (Å²) in [7, 11) is 0. The van der Waals surface area contributed by atoms with E-state index in [1.807, 2.05) is 0 Å².